The number of aliphatic imine (C=N–C) groups is 1. The predicted molar refractivity (Wildman–Crippen MR) is 87.8 cm³/mol. The van der Waals surface area contributed by atoms with Crippen LogP contribution in [0.15, 0.2) is 53.5 Å². The third-order valence-corrected chi connectivity index (χ3v) is 4.86. The first-order chi connectivity index (χ1) is 11.1. The minimum absolute atomic E-state index is 0.00612. The van der Waals surface area contributed by atoms with Gasteiger partial charge in [-0.2, -0.15) is 0 Å². The fourth-order valence-electron chi connectivity index (χ4n) is 2.88. The zero-order valence-electron chi connectivity index (χ0n) is 11.9. The maximum atomic E-state index is 12.3. The van der Waals surface area contributed by atoms with E-state index in [-0.39, 0.29) is 17.6 Å². The Morgan fingerprint density at radius 3 is 2.65 bits per heavy atom. The summed E-state index contributed by atoms with van der Waals surface area (Å²) < 4.78 is 0. The zero-order valence-corrected chi connectivity index (χ0v) is 12.7. The molecular formula is C16H11N3O3S. The second-order valence-corrected chi connectivity index (χ2v) is 6.20. The molecule has 1 atom stereocenters. The van der Waals surface area contributed by atoms with E-state index in [1.807, 2.05) is 24.3 Å². The monoisotopic (exact) mass is 325 g/mol. The molecule has 1 saturated heterocycles. The number of benzene rings is 2. The van der Waals surface area contributed by atoms with Crippen LogP contribution in [0.4, 0.5) is 11.4 Å². The van der Waals surface area contributed by atoms with Crippen LogP contribution in [-0.2, 0) is 4.79 Å². The average Bonchev–Trinajstić information content (AvgIpc) is 2.94. The van der Waals surface area contributed by atoms with Crippen molar-refractivity contribution in [3.05, 3.63) is 69.8 Å². The van der Waals surface area contributed by atoms with E-state index < -0.39 is 4.92 Å². The Labute approximate surface area is 136 Å². The molecule has 2 aliphatic rings. The molecule has 2 aliphatic heterocycles. The molecule has 4 rings (SSSR count). The molecule has 1 unspecified atom stereocenters. The zero-order chi connectivity index (χ0) is 16.0. The number of para-hydroxylation sites is 1. The molecular weight excluding hydrogens is 314 g/mol. The summed E-state index contributed by atoms with van der Waals surface area (Å²) in [5.74, 6) is 0.377. The van der Waals surface area contributed by atoms with Gasteiger partial charge in [-0.3, -0.25) is 19.8 Å². The number of carbonyl (C=O) groups excluding carboxylic acids is 1. The Morgan fingerprint density at radius 2 is 1.91 bits per heavy atom. The largest absolute Gasteiger partial charge is 0.279 e. The summed E-state index contributed by atoms with van der Waals surface area (Å²) in [5.41, 5.74) is 2.64. The summed E-state index contributed by atoms with van der Waals surface area (Å²) in [7, 11) is 0. The van der Waals surface area contributed by atoms with Crippen molar-refractivity contribution in [1.82, 2.24) is 4.90 Å². The lowest BCUT2D eigenvalue weighted by molar-refractivity contribution is -0.384. The summed E-state index contributed by atoms with van der Waals surface area (Å²) >= 11 is 1.42. The van der Waals surface area contributed by atoms with Crippen LogP contribution in [0.25, 0.3) is 0 Å². The Morgan fingerprint density at radius 1 is 1.17 bits per heavy atom. The van der Waals surface area contributed by atoms with Crippen LogP contribution in [0, 0.1) is 10.1 Å². The van der Waals surface area contributed by atoms with E-state index in [0.29, 0.717) is 10.9 Å². The van der Waals surface area contributed by atoms with Crippen molar-refractivity contribution < 1.29 is 9.72 Å². The molecule has 2 aromatic rings. The molecule has 6 nitrogen and oxygen atoms in total. The predicted octanol–water partition coefficient (Wildman–Crippen LogP) is 3.26. The number of nitro groups is 1. The van der Waals surface area contributed by atoms with Crippen LogP contribution in [0.3, 0.4) is 0 Å². The smallest absolute Gasteiger partial charge is 0.269 e. The Balaban J connectivity index is 1.86. The topological polar surface area (TPSA) is 75.8 Å². The van der Waals surface area contributed by atoms with Gasteiger partial charge in [0, 0.05) is 17.7 Å². The molecule has 1 fully saturated rings. The van der Waals surface area contributed by atoms with Crippen LogP contribution in [0.5, 0.6) is 0 Å². The number of amidine groups is 1. The molecule has 114 valence electrons. The molecule has 0 aliphatic carbocycles. The van der Waals surface area contributed by atoms with E-state index in [9.17, 15) is 14.9 Å². The van der Waals surface area contributed by atoms with Gasteiger partial charge in [0.1, 0.15) is 0 Å². The van der Waals surface area contributed by atoms with Crippen LogP contribution in [0.1, 0.15) is 17.2 Å². The Bertz CT molecular complexity index is 848. The highest BCUT2D eigenvalue weighted by Gasteiger charge is 2.39. The minimum atomic E-state index is -0.428. The first kappa shape index (κ1) is 14.0. The first-order valence-corrected chi connectivity index (χ1v) is 8.00. The maximum absolute atomic E-state index is 12.3. The molecule has 2 aromatic carbocycles. The highest BCUT2D eigenvalue weighted by atomic mass is 32.2. The second-order valence-electron chi connectivity index (χ2n) is 5.26. The highest BCUT2D eigenvalue weighted by Crippen LogP contribution is 2.43. The van der Waals surface area contributed by atoms with Crippen molar-refractivity contribution in [2.24, 2.45) is 4.99 Å². The van der Waals surface area contributed by atoms with Crippen molar-refractivity contribution in [1.29, 1.82) is 0 Å². The first-order valence-electron chi connectivity index (χ1n) is 7.02. The summed E-state index contributed by atoms with van der Waals surface area (Å²) in [4.78, 5) is 28.9. The number of rotatable bonds is 2. The van der Waals surface area contributed by atoms with Gasteiger partial charge in [-0.1, -0.05) is 30.0 Å². The van der Waals surface area contributed by atoms with E-state index in [0.717, 1.165) is 16.8 Å². The lowest BCUT2D eigenvalue weighted by atomic mass is 9.94. The molecule has 0 bridgehead atoms. The Kier molecular flexibility index (Phi) is 3.16. The maximum Gasteiger partial charge on any atom is 0.269 e. The van der Waals surface area contributed by atoms with Gasteiger partial charge in [0.25, 0.3) is 5.69 Å². The van der Waals surface area contributed by atoms with Gasteiger partial charge in [-0.25, -0.2) is 4.99 Å². The summed E-state index contributed by atoms with van der Waals surface area (Å²) in [6.45, 7) is 0. The van der Waals surface area contributed by atoms with E-state index in [1.54, 1.807) is 17.0 Å². The second kappa shape index (κ2) is 5.20. The number of thioether (sulfide) groups is 1. The van der Waals surface area contributed by atoms with Crippen LogP contribution < -0.4 is 0 Å². The lowest BCUT2D eigenvalue weighted by Gasteiger charge is -2.32. The van der Waals surface area contributed by atoms with E-state index in [4.69, 9.17) is 0 Å². The van der Waals surface area contributed by atoms with Gasteiger partial charge in [0.15, 0.2) is 5.17 Å². The molecule has 0 radical (unpaired) electrons. The van der Waals surface area contributed by atoms with Gasteiger partial charge in [-0.05, 0) is 23.8 Å². The number of hydrogen-bond acceptors (Lipinski definition) is 5. The Hall–Kier alpha value is -2.67. The van der Waals surface area contributed by atoms with Gasteiger partial charge in [0.05, 0.1) is 22.4 Å². The van der Waals surface area contributed by atoms with Crippen molar-refractivity contribution in [3.8, 4) is 0 Å². The fraction of sp³-hybridized carbons (Fsp3) is 0.125. The number of amides is 1. The van der Waals surface area contributed by atoms with Gasteiger partial charge in [-0.15, -0.1) is 0 Å². The summed E-state index contributed by atoms with van der Waals surface area (Å²) in [6.07, 6.45) is 0. The van der Waals surface area contributed by atoms with Crippen LogP contribution in [-0.4, -0.2) is 26.7 Å². The van der Waals surface area contributed by atoms with Crippen LogP contribution in [0.2, 0.25) is 0 Å². The van der Waals surface area contributed by atoms with Gasteiger partial charge < -0.3 is 0 Å². The molecule has 0 spiro atoms. The third kappa shape index (κ3) is 2.20. The van der Waals surface area contributed by atoms with Crippen molar-refractivity contribution in [3.63, 3.8) is 0 Å². The third-order valence-electron chi connectivity index (χ3n) is 3.92. The fourth-order valence-corrected chi connectivity index (χ4v) is 3.78. The number of nitrogens with zero attached hydrogens (tertiary/aromatic N) is 3. The average molecular weight is 325 g/mol. The molecule has 0 saturated carbocycles. The molecule has 0 aromatic heterocycles. The van der Waals surface area contributed by atoms with Gasteiger partial charge in [0.2, 0.25) is 5.91 Å². The highest BCUT2D eigenvalue weighted by molar-refractivity contribution is 8.15. The summed E-state index contributed by atoms with van der Waals surface area (Å²) in [6, 6.07) is 13.7. The number of non-ortho nitro benzene ring substituents is 1. The number of fused-ring (bicyclic) bond motifs is 2. The SMILES string of the molecule is O=C1CSC2=Nc3ccccc3C(c3ccc([N+](=O)[O-])cc3)N12. The molecule has 23 heavy (non-hydrogen) atoms. The number of hydrogen-bond donors (Lipinski definition) is 0. The van der Waals surface area contributed by atoms with Gasteiger partial charge >= 0.3 is 0 Å². The molecule has 0 N–H and O–H groups in total. The van der Waals surface area contributed by atoms with E-state index in [1.165, 1.54) is 23.9 Å². The lowest BCUT2D eigenvalue weighted by Crippen LogP contribution is -2.36. The van der Waals surface area contributed by atoms with Crippen molar-refractivity contribution in [2.45, 2.75) is 6.04 Å². The normalized spacial score (nSPS) is 19.1. The molecule has 2 heterocycles. The number of nitro benzene ring substituents is 1. The number of carbonyl (C=O) groups is 1. The van der Waals surface area contributed by atoms with Crippen LogP contribution >= 0.6 is 11.8 Å². The summed E-state index contributed by atoms with van der Waals surface area (Å²) in [5, 5.41) is 11.5. The van der Waals surface area contributed by atoms with Crippen molar-refractivity contribution >= 4 is 34.2 Å². The van der Waals surface area contributed by atoms with Crippen molar-refractivity contribution in [2.75, 3.05) is 5.75 Å². The molecule has 7 heteroatoms. The van der Waals surface area contributed by atoms with E-state index in [2.05, 4.69) is 4.99 Å². The van der Waals surface area contributed by atoms with E-state index >= 15 is 0 Å². The minimum Gasteiger partial charge on any atom is -0.279 e. The standard InChI is InChI=1S/C16H11N3O3S/c20-14-9-23-16-17-13-4-2-1-3-12(13)15(18(14)16)10-5-7-11(8-6-10)19(21)22/h1-8,15H,9H2. The quantitative estimate of drug-likeness (QED) is 0.627. The molecule has 1 amide bonds.